The molecule has 0 aliphatic heterocycles. The summed E-state index contributed by atoms with van der Waals surface area (Å²) in [6, 6.07) is 0. The van der Waals surface area contributed by atoms with Crippen LogP contribution in [0.25, 0.3) is 0 Å². The Hall–Kier alpha value is -0.860. The summed E-state index contributed by atoms with van der Waals surface area (Å²) in [5, 5.41) is 8.19. The molecular weight excluding hydrogens is 162 g/mol. The van der Waals surface area contributed by atoms with E-state index in [1.165, 1.54) is 31.5 Å². The molecule has 3 heteroatoms. The Kier molecular flexibility index (Phi) is 1.64. The zero-order chi connectivity index (χ0) is 8.67. The maximum atomic E-state index is 4.19. The van der Waals surface area contributed by atoms with E-state index in [0.717, 1.165) is 24.8 Å². The maximum Gasteiger partial charge on any atom is 0.133 e. The number of hydrogen-bond donors (Lipinski definition) is 0. The van der Waals surface area contributed by atoms with Crippen molar-refractivity contribution in [2.24, 2.45) is 11.8 Å². The minimum atomic E-state index is 0.919. The van der Waals surface area contributed by atoms with E-state index < -0.39 is 0 Å². The van der Waals surface area contributed by atoms with Crippen molar-refractivity contribution in [3.05, 3.63) is 12.2 Å². The predicted molar refractivity (Wildman–Crippen MR) is 49.2 cm³/mol. The minimum Gasteiger partial charge on any atom is -0.317 e. The zero-order valence-electron chi connectivity index (χ0n) is 7.82. The number of nitrogens with zero attached hydrogens (tertiary/aromatic N) is 3. The van der Waals surface area contributed by atoms with Crippen molar-refractivity contribution >= 4 is 0 Å². The molecule has 0 spiro atoms. The van der Waals surface area contributed by atoms with Gasteiger partial charge in [-0.05, 0) is 37.5 Å². The van der Waals surface area contributed by atoms with Crippen LogP contribution in [0.5, 0.6) is 0 Å². The average molecular weight is 177 g/mol. The summed E-state index contributed by atoms with van der Waals surface area (Å²) >= 11 is 0. The summed E-state index contributed by atoms with van der Waals surface area (Å²) < 4.78 is 2.26. The van der Waals surface area contributed by atoms with Gasteiger partial charge in [-0.2, -0.15) is 0 Å². The SMILES string of the molecule is c1nnc(CC2CC2)n1CC1CC1. The molecule has 1 aromatic heterocycles. The van der Waals surface area contributed by atoms with Crippen molar-refractivity contribution in [1.29, 1.82) is 0 Å². The van der Waals surface area contributed by atoms with Crippen molar-refractivity contribution in [3.63, 3.8) is 0 Å². The molecule has 13 heavy (non-hydrogen) atoms. The van der Waals surface area contributed by atoms with Gasteiger partial charge in [-0.25, -0.2) is 0 Å². The second kappa shape index (κ2) is 2.82. The van der Waals surface area contributed by atoms with Gasteiger partial charge in [0.1, 0.15) is 12.2 Å². The first-order chi connectivity index (χ1) is 6.42. The lowest BCUT2D eigenvalue weighted by Crippen LogP contribution is -2.05. The number of rotatable bonds is 4. The van der Waals surface area contributed by atoms with Crippen molar-refractivity contribution in [2.75, 3.05) is 0 Å². The first-order valence-corrected chi connectivity index (χ1v) is 5.28. The van der Waals surface area contributed by atoms with Gasteiger partial charge >= 0.3 is 0 Å². The lowest BCUT2D eigenvalue weighted by atomic mass is 10.3. The van der Waals surface area contributed by atoms with Crippen LogP contribution in [0.3, 0.4) is 0 Å². The van der Waals surface area contributed by atoms with E-state index in [1.807, 2.05) is 6.33 Å². The highest BCUT2D eigenvalue weighted by Crippen LogP contribution is 2.34. The molecule has 2 aliphatic carbocycles. The van der Waals surface area contributed by atoms with Crippen molar-refractivity contribution in [3.8, 4) is 0 Å². The zero-order valence-corrected chi connectivity index (χ0v) is 7.82. The van der Waals surface area contributed by atoms with E-state index in [1.54, 1.807) is 0 Å². The van der Waals surface area contributed by atoms with Gasteiger partial charge in [0.15, 0.2) is 0 Å². The van der Waals surface area contributed by atoms with Gasteiger partial charge in [0.2, 0.25) is 0 Å². The fourth-order valence-corrected chi connectivity index (χ4v) is 1.75. The van der Waals surface area contributed by atoms with E-state index >= 15 is 0 Å². The van der Waals surface area contributed by atoms with Crippen molar-refractivity contribution in [2.45, 2.75) is 38.6 Å². The Bertz CT molecular complexity index is 268. The van der Waals surface area contributed by atoms with Crippen molar-refractivity contribution < 1.29 is 0 Å². The molecular formula is C10H15N3. The number of hydrogen-bond acceptors (Lipinski definition) is 2. The lowest BCUT2D eigenvalue weighted by molar-refractivity contribution is 0.582. The highest BCUT2D eigenvalue weighted by atomic mass is 15.3. The Morgan fingerprint density at radius 1 is 1.23 bits per heavy atom. The van der Waals surface area contributed by atoms with Crippen LogP contribution in [0.15, 0.2) is 6.33 Å². The summed E-state index contributed by atoms with van der Waals surface area (Å²) in [5.74, 6) is 3.06. The van der Waals surface area contributed by atoms with Crippen LogP contribution in [-0.2, 0) is 13.0 Å². The van der Waals surface area contributed by atoms with Gasteiger partial charge in [0, 0.05) is 13.0 Å². The third-order valence-corrected chi connectivity index (χ3v) is 3.02. The molecule has 0 radical (unpaired) electrons. The molecule has 0 amide bonds. The normalized spacial score (nSPS) is 22.2. The van der Waals surface area contributed by atoms with Gasteiger partial charge in [0.25, 0.3) is 0 Å². The summed E-state index contributed by atoms with van der Waals surface area (Å²) in [6.07, 6.45) is 8.66. The molecule has 2 saturated carbocycles. The first-order valence-electron chi connectivity index (χ1n) is 5.28. The molecule has 2 aliphatic rings. The van der Waals surface area contributed by atoms with Gasteiger partial charge < -0.3 is 4.57 Å². The second-order valence-electron chi connectivity index (χ2n) is 4.49. The fourth-order valence-electron chi connectivity index (χ4n) is 1.75. The van der Waals surface area contributed by atoms with E-state index in [9.17, 15) is 0 Å². The van der Waals surface area contributed by atoms with E-state index in [2.05, 4.69) is 14.8 Å². The van der Waals surface area contributed by atoms with E-state index in [0.29, 0.717) is 0 Å². The number of aromatic nitrogens is 3. The molecule has 70 valence electrons. The summed E-state index contributed by atoms with van der Waals surface area (Å²) in [4.78, 5) is 0. The Morgan fingerprint density at radius 2 is 2.00 bits per heavy atom. The monoisotopic (exact) mass is 177 g/mol. The molecule has 0 saturated heterocycles. The molecule has 0 aromatic carbocycles. The molecule has 1 aromatic rings. The molecule has 0 N–H and O–H groups in total. The van der Waals surface area contributed by atoms with Crippen molar-refractivity contribution in [1.82, 2.24) is 14.8 Å². The van der Waals surface area contributed by atoms with Crippen LogP contribution >= 0.6 is 0 Å². The standard InChI is InChI=1S/C10H15N3/c1-2-8(1)5-10-12-11-7-13(10)6-9-3-4-9/h7-9H,1-6H2. The maximum absolute atomic E-state index is 4.19. The molecule has 0 bridgehead atoms. The van der Waals surface area contributed by atoms with Crippen LogP contribution in [-0.4, -0.2) is 14.8 Å². The molecule has 0 atom stereocenters. The summed E-state index contributed by atoms with van der Waals surface area (Å²) in [6.45, 7) is 1.16. The van der Waals surface area contributed by atoms with Crippen LogP contribution in [0.2, 0.25) is 0 Å². The third-order valence-electron chi connectivity index (χ3n) is 3.02. The third kappa shape index (κ3) is 1.74. The Balaban J connectivity index is 1.70. The van der Waals surface area contributed by atoms with Crippen LogP contribution in [0.1, 0.15) is 31.5 Å². The van der Waals surface area contributed by atoms with Crippen LogP contribution < -0.4 is 0 Å². The van der Waals surface area contributed by atoms with Gasteiger partial charge in [-0.15, -0.1) is 10.2 Å². The Labute approximate surface area is 78.2 Å². The summed E-state index contributed by atoms with van der Waals surface area (Å²) in [5.41, 5.74) is 0. The van der Waals surface area contributed by atoms with Gasteiger partial charge in [-0.3, -0.25) is 0 Å². The van der Waals surface area contributed by atoms with Gasteiger partial charge in [0.05, 0.1) is 0 Å². The smallest absolute Gasteiger partial charge is 0.133 e. The van der Waals surface area contributed by atoms with E-state index in [4.69, 9.17) is 0 Å². The fraction of sp³-hybridized carbons (Fsp3) is 0.800. The van der Waals surface area contributed by atoms with Gasteiger partial charge in [-0.1, -0.05) is 0 Å². The quantitative estimate of drug-likeness (QED) is 0.700. The van der Waals surface area contributed by atoms with Crippen LogP contribution in [0, 0.1) is 11.8 Å². The minimum absolute atomic E-state index is 0.919. The largest absolute Gasteiger partial charge is 0.317 e. The molecule has 3 nitrogen and oxygen atoms in total. The second-order valence-corrected chi connectivity index (χ2v) is 4.49. The first kappa shape index (κ1) is 7.54. The molecule has 1 heterocycles. The highest BCUT2D eigenvalue weighted by molar-refractivity contribution is 4.93. The topological polar surface area (TPSA) is 30.7 Å². The lowest BCUT2D eigenvalue weighted by Gasteiger charge is -2.03. The molecule has 2 fully saturated rings. The predicted octanol–water partition coefficient (Wildman–Crippen LogP) is 1.64. The molecule has 3 rings (SSSR count). The molecule has 0 unspecified atom stereocenters. The summed E-state index contributed by atoms with van der Waals surface area (Å²) in [7, 11) is 0. The average Bonchev–Trinajstić information content (AvgIpc) is 2.95. The van der Waals surface area contributed by atoms with E-state index in [-0.39, 0.29) is 0 Å². The Morgan fingerprint density at radius 3 is 2.69 bits per heavy atom. The highest BCUT2D eigenvalue weighted by Gasteiger charge is 2.26. The van der Waals surface area contributed by atoms with Crippen LogP contribution in [0.4, 0.5) is 0 Å².